The Morgan fingerprint density at radius 2 is 2.36 bits per heavy atom. The molecule has 0 bridgehead atoms. The van der Waals surface area contributed by atoms with Crippen LogP contribution in [0.1, 0.15) is 1.37 Å². The van der Waals surface area contributed by atoms with Crippen LogP contribution >= 0.6 is 0 Å². The summed E-state index contributed by atoms with van der Waals surface area (Å²) in [5.41, 5.74) is 0. The second kappa shape index (κ2) is 5.20. The van der Waals surface area contributed by atoms with E-state index in [0.717, 1.165) is 0 Å². The molecule has 0 heterocycles. The fourth-order valence-corrected chi connectivity index (χ4v) is 0.619. The predicted octanol–water partition coefficient (Wildman–Crippen LogP) is -2.09. The number of aliphatic hydroxyl groups is 3. The first kappa shape index (κ1) is 8.61. The molecule has 0 amide bonds. The van der Waals surface area contributed by atoms with E-state index in [1.807, 2.05) is 0 Å². The van der Waals surface area contributed by atoms with E-state index in [4.69, 9.17) is 16.7 Å². The van der Waals surface area contributed by atoms with Gasteiger partial charge in [-0.2, -0.15) is 0 Å². The molecule has 0 aromatic rings. The maximum absolute atomic E-state index is 10.1. The fourth-order valence-electron chi connectivity index (χ4n) is 0.619. The molecule has 0 aliphatic heterocycles. The third kappa shape index (κ3) is 2.94. The van der Waals surface area contributed by atoms with E-state index in [1.54, 1.807) is 0 Å². The third-order valence-corrected chi connectivity index (χ3v) is 1.23. The molecule has 5 nitrogen and oxygen atoms in total. The van der Waals surface area contributed by atoms with Crippen molar-refractivity contribution in [3.8, 4) is 0 Å². The van der Waals surface area contributed by atoms with E-state index in [2.05, 4.69) is 4.74 Å². The Labute approximate surface area is 65.6 Å². The number of ether oxygens (including phenoxy) is 1. The Morgan fingerprint density at radius 1 is 1.73 bits per heavy atom. The van der Waals surface area contributed by atoms with Crippen LogP contribution in [0.15, 0.2) is 0 Å². The zero-order valence-electron chi connectivity index (χ0n) is 6.88. The molecule has 0 unspecified atom stereocenters. The second-order valence-electron chi connectivity index (χ2n) is 2.01. The van der Waals surface area contributed by atoms with Crippen LogP contribution in [0.4, 0.5) is 0 Å². The minimum Gasteiger partial charge on any atom is -0.394 e. The van der Waals surface area contributed by atoms with Crippen LogP contribution in [-0.2, 0) is 9.53 Å². The van der Waals surface area contributed by atoms with Gasteiger partial charge in [-0.15, -0.1) is 0 Å². The Kier molecular flexibility index (Phi) is 4.07. The van der Waals surface area contributed by atoms with Crippen LogP contribution in [0.25, 0.3) is 0 Å². The number of rotatable bonds is 5. The molecular formula is C6H12O5. The summed E-state index contributed by atoms with van der Waals surface area (Å²) in [6.07, 6.45) is -3.92. The summed E-state index contributed by atoms with van der Waals surface area (Å²) in [6.45, 7) is -0.629. The normalized spacial score (nSPS) is 20.1. The van der Waals surface area contributed by atoms with Gasteiger partial charge in [0.2, 0.25) is 0 Å². The SMILES string of the molecule is [2H]CO[C@H]([C@H](O)CO)[C@@H](O)C=O. The van der Waals surface area contributed by atoms with Crippen molar-refractivity contribution < 1.29 is 26.2 Å². The minimum atomic E-state index is -1.52. The summed E-state index contributed by atoms with van der Waals surface area (Å²) in [6, 6.07) is 0. The van der Waals surface area contributed by atoms with Crippen LogP contribution in [-0.4, -0.2) is 53.6 Å². The van der Waals surface area contributed by atoms with E-state index < -0.39 is 32.0 Å². The zero-order valence-corrected chi connectivity index (χ0v) is 5.88. The first-order valence-electron chi connectivity index (χ1n) is 3.71. The molecule has 0 aliphatic carbocycles. The maximum atomic E-state index is 10.1. The monoisotopic (exact) mass is 165 g/mol. The van der Waals surface area contributed by atoms with Crippen LogP contribution < -0.4 is 0 Å². The molecule has 0 fully saturated rings. The topological polar surface area (TPSA) is 87.0 Å². The molecule has 0 radical (unpaired) electrons. The highest BCUT2D eigenvalue weighted by Crippen LogP contribution is 2.01. The van der Waals surface area contributed by atoms with Gasteiger partial charge in [0.25, 0.3) is 0 Å². The molecular weight excluding hydrogens is 152 g/mol. The molecule has 5 heteroatoms. The maximum Gasteiger partial charge on any atom is 0.151 e. The smallest absolute Gasteiger partial charge is 0.151 e. The van der Waals surface area contributed by atoms with Crippen molar-refractivity contribution in [1.29, 1.82) is 0 Å². The highest BCUT2D eigenvalue weighted by molar-refractivity contribution is 5.56. The number of methoxy groups -OCH3 is 1. The highest BCUT2D eigenvalue weighted by Gasteiger charge is 2.25. The van der Waals surface area contributed by atoms with E-state index in [9.17, 15) is 4.79 Å². The number of carbonyl (C=O) groups excluding carboxylic acids is 1. The van der Waals surface area contributed by atoms with E-state index in [-0.39, 0.29) is 6.29 Å². The second-order valence-corrected chi connectivity index (χ2v) is 2.01. The molecule has 3 atom stereocenters. The summed E-state index contributed by atoms with van der Waals surface area (Å²) < 4.78 is 11.2. The molecule has 0 aromatic heterocycles. The molecule has 11 heavy (non-hydrogen) atoms. The molecule has 0 aliphatic rings. The van der Waals surface area contributed by atoms with Gasteiger partial charge in [0.1, 0.15) is 18.3 Å². The summed E-state index contributed by atoms with van der Waals surface area (Å²) in [4.78, 5) is 10.1. The standard InChI is InChI=1S/C6H12O5/c1-11-6(4(9)2-7)5(10)3-8/h2,4-6,8-10H,3H2,1H3/t4-,5+,6-/m0/s1/i1D. The van der Waals surface area contributed by atoms with Crippen molar-refractivity contribution in [3.63, 3.8) is 0 Å². The number of hydrogen-bond acceptors (Lipinski definition) is 5. The zero-order chi connectivity index (χ0) is 9.56. The Balaban J connectivity index is 4.10. The van der Waals surface area contributed by atoms with Crippen molar-refractivity contribution in [2.24, 2.45) is 0 Å². The van der Waals surface area contributed by atoms with Gasteiger partial charge in [-0.05, 0) is 0 Å². The van der Waals surface area contributed by atoms with Gasteiger partial charge in [0.05, 0.1) is 7.98 Å². The van der Waals surface area contributed by atoms with Crippen LogP contribution in [0.5, 0.6) is 0 Å². The summed E-state index contributed by atoms with van der Waals surface area (Å²) in [5, 5.41) is 26.3. The van der Waals surface area contributed by atoms with E-state index >= 15 is 0 Å². The highest BCUT2D eigenvalue weighted by atomic mass is 16.5. The van der Waals surface area contributed by atoms with Gasteiger partial charge >= 0.3 is 0 Å². The van der Waals surface area contributed by atoms with Crippen molar-refractivity contribution in [2.45, 2.75) is 18.3 Å². The molecule has 66 valence electrons. The van der Waals surface area contributed by atoms with Crippen molar-refractivity contribution in [2.75, 3.05) is 13.7 Å². The Bertz CT molecular complexity index is 131. The van der Waals surface area contributed by atoms with Gasteiger partial charge in [-0.1, -0.05) is 0 Å². The van der Waals surface area contributed by atoms with Crippen molar-refractivity contribution >= 4 is 6.29 Å². The lowest BCUT2D eigenvalue weighted by molar-refractivity contribution is -0.132. The van der Waals surface area contributed by atoms with Crippen molar-refractivity contribution in [1.82, 2.24) is 0 Å². The first-order valence-corrected chi connectivity index (χ1v) is 3.00. The first-order chi connectivity index (χ1) is 5.67. The average molecular weight is 165 g/mol. The average Bonchev–Trinajstić information content (AvgIpc) is 2.11. The molecule has 0 saturated heterocycles. The number of aldehydes is 1. The van der Waals surface area contributed by atoms with Crippen LogP contribution in [0.2, 0.25) is 0 Å². The van der Waals surface area contributed by atoms with Crippen LogP contribution in [0, 0.1) is 0 Å². The van der Waals surface area contributed by atoms with Gasteiger partial charge < -0.3 is 24.9 Å². The lowest BCUT2D eigenvalue weighted by Gasteiger charge is -2.21. The quantitative estimate of drug-likeness (QED) is 0.407. The van der Waals surface area contributed by atoms with Crippen molar-refractivity contribution in [3.05, 3.63) is 0 Å². The fraction of sp³-hybridized carbons (Fsp3) is 0.833. The van der Waals surface area contributed by atoms with E-state index in [1.165, 1.54) is 0 Å². The molecule has 0 rings (SSSR count). The lowest BCUT2D eigenvalue weighted by Crippen LogP contribution is -2.41. The van der Waals surface area contributed by atoms with Gasteiger partial charge in [-0.3, -0.25) is 0 Å². The third-order valence-electron chi connectivity index (χ3n) is 1.23. The molecule has 3 N–H and O–H groups in total. The van der Waals surface area contributed by atoms with Crippen LogP contribution in [0.3, 0.4) is 0 Å². The Morgan fingerprint density at radius 3 is 2.73 bits per heavy atom. The lowest BCUT2D eigenvalue weighted by atomic mass is 10.1. The predicted molar refractivity (Wildman–Crippen MR) is 36.0 cm³/mol. The van der Waals surface area contributed by atoms with Gasteiger partial charge in [0.15, 0.2) is 6.29 Å². The Hall–Kier alpha value is -0.490. The number of carbonyl (C=O) groups is 1. The van der Waals surface area contributed by atoms with E-state index in [0.29, 0.717) is 0 Å². The summed E-state index contributed by atoms with van der Waals surface area (Å²) >= 11 is 0. The molecule has 0 spiro atoms. The largest absolute Gasteiger partial charge is 0.394 e. The number of aliphatic hydroxyl groups excluding tert-OH is 3. The van der Waals surface area contributed by atoms with Gasteiger partial charge in [-0.25, -0.2) is 0 Å². The summed E-state index contributed by atoms with van der Waals surface area (Å²) in [7, 11) is -0.493. The molecule has 0 saturated carbocycles. The van der Waals surface area contributed by atoms with Gasteiger partial charge in [0, 0.05) is 7.09 Å². The molecule has 0 aromatic carbocycles. The minimum absolute atomic E-state index is 0.180. The summed E-state index contributed by atoms with van der Waals surface area (Å²) in [5.74, 6) is 0. The number of hydrogen-bond donors (Lipinski definition) is 3.